The molecule has 4 heterocycles. The number of rotatable bonds is 7. The fourth-order valence-corrected chi connectivity index (χ4v) is 8.24. The monoisotopic (exact) mass is 1020 g/mol. The topological polar surface area (TPSA) is 69.9 Å². The zero-order valence-corrected chi connectivity index (χ0v) is 38.0. The summed E-state index contributed by atoms with van der Waals surface area (Å²) >= 11 is 0. The average Bonchev–Trinajstić information content (AvgIpc) is 4.07. The van der Waals surface area contributed by atoms with Gasteiger partial charge in [-0.1, -0.05) is 137 Å². The molecule has 0 spiro atoms. The molecule has 317 valence electrons. The largest absolute Gasteiger partial charge is 0.500 e. The van der Waals surface area contributed by atoms with Crippen LogP contribution in [-0.2, 0) is 20.1 Å². The number of imidazole rings is 1. The van der Waals surface area contributed by atoms with Crippen LogP contribution < -0.4 is 0 Å². The number of aromatic nitrogens is 4. The molecule has 0 N–H and O–H groups in total. The van der Waals surface area contributed by atoms with Crippen molar-refractivity contribution in [2.45, 2.75) is 53.2 Å². The molecular formula is C57H46IrN4O2-2. The van der Waals surface area contributed by atoms with Gasteiger partial charge >= 0.3 is 0 Å². The normalized spacial score (nSPS) is 13.2. The maximum Gasteiger partial charge on any atom is 0.215 e. The molecule has 0 aliphatic rings. The van der Waals surface area contributed by atoms with Crippen LogP contribution in [0.15, 0.2) is 167 Å². The van der Waals surface area contributed by atoms with E-state index < -0.39 is 13.7 Å². The second-order valence-electron chi connectivity index (χ2n) is 16.2. The summed E-state index contributed by atoms with van der Waals surface area (Å²) < 4.78 is 59.2. The van der Waals surface area contributed by atoms with Crippen LogP contribution >= 0.6 is 0 Å². The standard InChI is InChI=1S/C44H34N3O2.C13H12N.Ir/c1-26(2)32-23-30(28-15-7-5-8-16-28)24-33(27(3)4)41(32)47-36-21-13-12-20-35(36)45-43(47)34-25-38-40(46-44(49-38)29-17-9-6-10-18-29)39-31-19-11-14-22-37(31)48-42(34)39;1-10-3-6-12(7-4-10)13-8-5-11(2)9-14-13;/h5-24,26-27H,1-4H3;3-6,8-9H,1-2H3;/q2*-1;/i;1D3,2D3;. The Kier molecular flexibility index (Phi) is 9.82. The molecule has 0 atom stereocenters. The molecule has 0 saturated carbocycles. The van der Waals surface area contributed by atoms with Gasteiger partial charge in [0.1, 0.15) is 5.58 Å². The molecule has 0 fully saturated rings. The molecule has 0 aliphatic heterocycles. The minimum atomic E-state index is -2.18. The number of hydrogen-bond donors (Lipinski definition) is 0. The van der Waals surface area contributed by atoms with Crippen LogP contribution in [0, 0.1) is 25.8 Å². The number of hydrogen-bond acceptors (Lipinski definition) is 5. The predicted molar refractivity (Wildman–Crippen MR) is 257 cm³/mol. The van der Waals surface area contributed by atoms with Gasteiger partial charge in [-0.05, 0) is 100 Å². The Labute approximate surface area is 395 Å². The minimum Gasteiger partial charge on any atom is -0.500 e. The molecule has 11 rings (SSSR count). The first kappa shape index (κ1) is 35.5. The third-order valence-electron chi connectivity index (χ3n) is 11.3. The maximum absolute atomic E-state index is 7.28. The first-order valence-corrected chi connectivity index (χ1v) is 21.1. The van der Waals surface area contributed by atoms with E-state index in [1.165, 1.54) is 46.6 Å². The summed E-state index contributed by atoms with van der Waals surface area (Å²) in [6.45, 7) is 4.74. The second-order valence-corrected chi connectivity index (χ2v) is 16.2. The van der Waals surface area contributed by atoms with E-state index in [-0.39, 0.29) is 43.1 Å². The molecular weight excluding hydrogens is 965 g/mol. The number of para-hydroxylation sites is 3. The number of benzene rings is 7. The van der Waals surface area contributed by atoms with E-state index in [4.69, 9.17) is 27.0 Å². The number of nitrogens with zero attached hydrogens (tertiary/aromatic N) is 4. The average molecular weight is 1020 g/mol. The van der Waals surface area contributed by atoms with Gasteiger partial charge < -0.3 is 18.4 Å². The fourth-order valence-electron chi connectivity index (χ4n) is 8.24. The third-order valence-corrected chi connectivity index (χ3v) is 11.3. The summed E-state index contributed by atoms with van der Waals surface area (Å²) in [6.07, 6.45) is 1.30. The Balaban J connectivity index is 0.000000244. The zero-order valence-electron chi connectivity index (χ0n) is 41.6. The van der Waals surface area contributed by atoms with Crippen LogP contribution in [0.5, 0.6) is 0 Å². The second kappa shape index (κ2) is 17.7. The summed E-state index contributed by atoms with van der Waals surface area (Å²) in [5.74, 6) is 1.78. The van der Waals surface area contributed by atoms with Crippen LogP contribution in [0.4, 0.5) is 0 Å². The molecule has 0 unspecified atom stereocenters. The zero-order chi connectivity index (χ0) is 48.2. The molecule has 7 aromatic carbocycles. The predicted octanol–water partition coefficient (Wildman–Crippen LogP) is 15.3. The van der Waals surface area contributed by atoms with Crippen molar-refractivity contribution in [1.29, 1.82) is 0 Å². The number of fused-ring (bicyclic) bond motifs is 6. The van der Waals surface area contributed by atoms with E-state index in [2.05, 4.69) is 116 Å². The van der Waals surface area contributed by atoms with Gasteiger partial charge in [0.05, 0.1) is 28.0 Å². The van der Waals surface area contributed by atoms with Gasteiger partial charge in [-0.2, -0.15) is 0 Å². The van der Waals surface area contributed by atoms with Crippen molar-refractivity contribution in [3.05, 3.63) is 192 Å². The summed E-state index contributed by atoms with van der Waals surface area (Å²) in [7, 11) is 0. The van der Waals surface area contributed by atoms with E-state index in [0.717, 1.165) is 55.5 Å². The molecule has 7 heteroatoms. The third kappa shape index (κ3) is 7.87. The fraction of sp³-hybridized carbons (Fsp3) is 0.140. The summed E-state index contributed by atoms with van der Waals surface area (Å²) in [6, 6.07) is 55.9. The quantitative estimate of drug-likeness (QED) is 0.149. The van der Waals surface area contributed by atoms with Crippen molar-refractivity contribution in [3.63, 3.8) is 0 Å². The molecule has 1 radical (unpaired) electrons. The van der Waals surface area contributed by atoms with Crippen molar-refractivity contribution in [2.75, 3.05) is 0 Å². The number of furan rings is 1. The van der Waals surface area contributed by atoms with Gasteiger partial charge in [-0.15, -0.1) is 35.4 Å². The number of pyridine rings is 1. The molecule has 0 aliphatic carbocycles. The summed E-state index contributed by atoms with van der Waals surface area (Å²) in [5, 5.41) is 1.88. The van der Waals surface area contributed by atoms with Crippen molar-refractivity contribution >= 4 is 44.1 Å². The minimum absolute atomic E-state index is 0. The Morgan fingerprint density at radius 2 is 1.33 bits per heavy atom. The smallest absolute Gasteiger partial charge is 0.215 e. The van der Waals surface area contributed by atoms with Crippen LogP contribution in [-0.4, -0.2) is 19.5 Å². The van der Waals surface area contributed by atoms with Gasteiger partial charge in [0.2, 0.25) is 5.89 Å². The van der Waals surface area contributed by atoms with Gasteiger partial charge in [0.15, 0.2) is 0 Å². The first-order valence-electron chi connectivity index (χ1n) is 24.1. The Morgan fingerprint density at radius 1 is 0.656 bits per heavy atom. The van der Waals surface area contributed by atoms with E-state index in [1.54, 1.807) is 12.1 Å². The van der Waals surface area contributed by atoms with E-state index in [9.17, 15) is 0 Å². The SMILES string of the molecule is CC(C)c1cc(-c2ccccc2)cc(C(C)C)c1-n1c(-c2[c-]c3oc(-c4ccccc4)nc3c3c2oc2ccccc23)nc2ccccc21.[2H]C([2H])([2H])c1c[c-]c(-c2ccc(C([2H])([2H])[2H])cn2)cc1.[Ir]. The maximum atomic E-state index is 7.28. The molecule has 6 nitrogen and oxygen atoms in total. The van der Waals surface area contributed by atoms with E-state index >= 15 is 0 Å². The van der Waals surface area contributed by atoms with E-state index in [1.807, 2.05) is 54.6 Å². The summed E-state index contributed by atoms with van der Waals surface area (Å²) in [5.41, 5.74) is 13.9. The Hall–Kier alpha value is -6.92. The van der Waals surface area contributed by atoms with Gasteiger partial charge in [0.25, 0.3) is 0 Å². The first-order chi connectivity index (χ1) is 33.1. The van der Waals surface area contributed by atoms with Crippen LogP contribution in [0.1, 0.15) is 70.0 Å². The van der Waals surface area contributed by atoms with Crippen LogP contribution in [0.2, 0.25) is 0 Å². The van der Waals surface area contributed by atoms with Crippen molar-refractivity contribution in [2.24, 2.45) is 0 Å². The number of aryl methyl sites for hydroxylation is 2. The molecule has 4 aromatic heterocycles. The molecule has 0 saturated heterocycles. The van der Waals surface area contributed by atoms with Gasteiger partial charge in [-0.25, -0.2) is 0 Å². The van der Waals surface area contributed by atoms with Crippen molar-refractivity contribution < 1.29 is 37.2 Å². The Bertz CT molecular complexity index is 3550. The van der Waals surface area contributed by atoms with Crippen LogP contribution in [0.3, 0.4) is 0 Å². The van der Waals surface area contributed by atoms with Gasteiger partial charge in [0, 0.05) is 56.7 Å². The molecule has 64 heavy (non-hydrogen) atoms. The molecule has 0 bridgehead atoms. The van der Waals surface area contributed by atoms with Crippen molar-refractivity contribution in [1.82, 2.24) is 19.5 Å². The molecule has 0 amide bonds. The van der Waals surface area contributed by atoms with Crippen molar-refractivity contribution in [3.8, 4) is 50.9 Å². The summed E-state index contributed by atoms with van der Waals surface area (Å²) in [4.78, 5) is 14.4. The molecule has 11 aromatic rings. The Morgan fingerprint density at radius 3 is 2.00 bits per heavy atom. The number of oxazole rings is 1. The van der Waals surface area contributed by atoms with Crippen LogP contribution in [0.25, 0.3) is 95.0 Å². The van der Waals surface area contributed by atoms with Gasteiger partial charge in [-0.3, -0.25) is 9.97 Å². The van der Waals surface area contributed by atoms with E-state index in [0.29, 0.717) is 28.3 Å².